The second kappa shape index (κ2) is 5.06. The summed E-state index contributed by atoms with van der Waals surface area (Å²) < 4.78 is 0. The number of phenolic OH excluding ortho intramolecular Hbond substituents is 2. The lowest BCUT2D eigenvalue weighted by atomic mass is 9.91. The smallest absolute Gasteiger partial charge is 0.116 e. The molecule has 0 atom stereocenters. The number of anilines is 2. The van der Waals surface area contributed by atoms with Gasteiger partial charge in [-0.05, 0) is 57.9 Å². The van der Waals surface area contributed by atoms with Gasteiger partial charge in [-0.3, -0.25) is 0 Å². The van der Waals surface area contributed by atoms with E-state index >= 15 is 0 Å². The van der Waals surface area contributed by atoms with Gasteiger partial charge in [-0.25, -0.2) is 0 Å². The maximum Gasteiger partial charge on any atom is 0.116 e. The van der Waals surface area contributed by atoms with Crippen LogP contribution in [0.25, 0.3) is 32.7 Å². The first-order valence-electron chi connectivity index (χ1n) is 7.57. The molecule has 0 amide bonds. The van der Waals surface area contributed by atoms with Crippen molar-refractivity contribution in [1.29, 1.82) is 0 Å². The number of benzene rings is 4. The number of nitrogen functional groups attached to an aromatic ring is 2. The molecule has 0 bridgehead atoms. The minimum Gasteiger partial charge on any atom is -0.508 e. The molecule has 24 heavy (non-hydrogen) atoms. The number of hydrogen-bond donors (Lipinski definition) is 4. The molecular weight excluding hydrogens is 300 g/mol. The highest BCUT2D eigenvalue weighted by molar-refractivity contribution is 6.13. The molecule has 6 N–H and O–H groups in total. The van der Waals surface area contributed by atoms with E-state index in [2.05, 4.69) is 0 Å². The van der Waals surface area contributed by atoms with Crippen LogP contribution in [0.15, 0.2) is 60.7 Å². The predicted molar refractivity (Wildman–Crippen MR) is 99.0 cm³/mol. The zero-order valence-electron chi connectivity index (χ0n) is 12.8. The maximum atomic E-state index is 9.73. The third-order valence-electron chi connectivity index (χ3n) is 4.32. The first-order valence-corrected chi connectivity index (χ1v) is 7.57. The maximum absolute atomic E-state index is 9.73. The number of phenols is 2. The SMILES string of the molecule is Nc1ccc2cc(O)ccc2c1-c1c(N)ccc2cc(O)ccc12. The number of hydrogen-bond acceptors (Lipinski definition) is 4. The zero-order valence-corrected chi connectivity index (χ0v) is 12.8. The molecule has 0 fully saturated rings. The highest BCUT2D eigenvalue weighted by Gasteiger charge is 2.15. The van der Waals surface area contributed by atoms with Crippen LogP contribution in [0.5, 0.6) is 11.5 Å². The molecule has 0 radical (unpaired) electrons. The fraction of sp³-hybridized carbons (Fsp3) is 0. The third kappa shape index (κ3) is 2.08. The lowest BCUT2D eigenvalue weighted by molar-refractivity contribution is 0.475. The Hall–Kier alpha value is -3.40. The summed E-state index contributed by atoms with van der Waals surface area (Å²) in [7, 11) is 0. The van der Waals surface area contributed by atoms with E-state index in [-0.39, 0.29) is 11.5 Å². The number of fused-ring (bicyclic) bond motifs is 2. The van der Waals surface area contributed by atoms with Crippen molar-refractivity contribution in [3.05, 3.63) is 60.7 Å². The van der Waals surface area contributed by atoms with Crippen molar-refractivity contribution in [1.82, 2.24) is 0 Å². The van der Waals surface area contributed by atoms with Gasteiger partial charge in [0.05, 0.1) is 0 Å². The Labute approximate surface area is 138 Å². The number of aromatic hydroxyl groups is 2. The topological polar surface area (TPSA) is 92.5 Å². The summed E-state index contributed by atoms with van der Waals surface area (Å²) in [4.78, 5) is 0. The van der Waals surface area contributed by atoms with Crippen molar-refractivity contribution in [3.63, 3.8) is 0 Å². The molecule has 4 nitrogen and oxygen atoms in total. The molecule has 0 aliphatic carbocycles. The first-order chi connectivity index (χ1) is 11.5. The lowest BCUT2D eigenvalue weighted by Gasteiger charge is -2.16. The lowest BCUT2D eigenvalue weighted by Crippen LogP contribution is -1.97. The first kappa shape index (κ1) is 14.2. The fourth-order valence-corrected chi connectivity index (χ4v) is 3.23. The summed E-state index contributed by atoms with van der Waals surface area (Å²) >= 11 is 0. The summed E-state index contributed by atoms with van der Waals surface area (Å²) in [5, 5.41) is 23.1. The zero-order chi connectivity index (χ0) is 16.8. The molecule has 0 aromatic heterocycles. The van der Waals surface area contributed by atoms with Crippen LogP contribution in [0.4, 0.5) is 11.4 Å². The van der Waals surface area contributed by atoms with E-state index in [4.69, 9.17) is 11.5 Å². The van der Waals surface area contributed by atoms with Crippen molar-refractivity contribution >= 4 is 32.9 Å². The van der Waals surface area contributed by atoms with Gasteiger partial charge >= 0.3 is 0 Å². The van der Waals surface area contributed by atoms with Crippen molar-refractivity contribution < 1.29 is 10.2 Å². The van der Waals surface area contributed by atoms with Crippen molar-refractivity contribution in [2.24, 2.45) is 0 Å². The Kier molecular flexibility index (Phi) is 3.00. The van der Waals surface area contributed by atoms with Gasteiger partial charge in [0, 0.05) is 22.5 Å². The number of nitrogens with two attached hydrogens (primary N) is 2. The van der Waals surface area contributed by atoms with Crippen molar-refractivity contribution in [2.75, 3.05) is 11.5 Å². The molecule has 0 saturated carbocycles. The van der Waals surface area contributed by atoms with E-state index < -0.39 is 0 Å². The van der Waals surface area contributed by atoms with Gasteiger partial charge in [-0.1, -0.05) is 24.3 Å². The van der Waals surface area contributed by atoms with Gasteiger partial charge < -0.3 is 21.7 Å². The second-order valence-corrected chi connectivity index (χ2v) is 5.87. The highest BCUT2D eigenvalue weighted by Crippen LogP contribution is 2.42. The quantitative estimate of drug-likeness (QED) is 0.395. The van der Waals surface area contributed by atoms with Crippen molar-refractivity contribution in [3.8, 4) is 22.6 Å². The minimum absolute atomic E-state index is 0.203. The van der Waals surface area contributed by atoms with Gasteiger partial charge in [-0.15, -0.1) is 0 Å². The largest absolute Gasteiger partial charge is 0.508 e. The Bertz CT molecular complexity index is 1010. The molecule has 0 saturated heterocycles. The fourth-order valence-electron chi connectivity index (χ4n) is 3.23. The molecule has 0 heterocycles. The molecule has 118 valence electrons. The van der Waals surface area contributed by atoms with Crippen LogP contribution in [0.3, 0.4) is 0 Å². The molecule has 4 aromatic carbocycles. The van der Waals surface area contributed by atoms with Crippen LogP contribution in [-0.2, 0) is 0 Å². The van der Waals surface area contributed by atoms with Gasteiger partial charge in [-0.2, -0.15) is 0 Å². The molecular formula is C20H16N2O2. The predicted octanol–water partition coefficient (Wildman–Crippen LogP) is 4.24. The third-order valence-corrected chi connectivity index (χ3v) is 4.32. The Morgan fingerprint density at radius 2 is 0.958 bits per heavy atom. The highest BCUT2D eigenvalue weighted by atomic mass is 16.3. The summed E-state index contributed by atoms with van der Waals surface area (Å²) in [6.45, 7) is 0. The Morgan fingerprint density at radius 1 is 0.542 bits per heavy atom. The van der Waals surface area contributed by atoms with E-state index in [0.717, 1.165) is 32.7 Å². The van der Waals surface area contributed by atoms with Gasteiger partial charge in [0.1, 0.15) is 11.5 Å². The minimum atomic E-state index is 0.203. The van der Waals surface area contributed by atoms with Gasteiger partial charge in [0.2, 0.25) is 0 Å². The van der Waals surface area contributed by atoms with E-state index in [0.29, 0.717) is 11.4 Å². The summed E-state index contributed by atoms with van der Waals surface area (Å²) in [5.41, 5.74) is 15.5. The van der Waals surface area contributed by atoms with Gasteiger partial charge in [0.25, 0.3) is 0 Å². The van der Waals surface area contributed by atoms with Crippen LogP contribution in [0.2, 0.25) is 0 Å². The average molecular weight is 316 g/mol. The van der Waals surface area contributed by atoms with Crippen LogP contribution >= 0.6 is 0 Å². The monoisotopic (exact) mass is 316 g/mol. The standard InChI is InChI=1S/C20H16N2O2/c21-17-7-1-11-9-13(23)3-5-15(11)19(17)20-16-6-4-14(24)10-12(16)2-8-18(20)22/h1-10,23-24H,21-22H2. The van der Waals surface area contributed by atoms with Crippen LogP contribution in [0, 0.1) is 0 Å². The normalized spacial score (nSPS) is 11.2. The summed E-state index contributed by atoms with van der Waals surface area (Å²) in [6, 6.07) is 17.7. The molecule has 0 unspecified atom stereocenters. The molecule has 0 aliphatic rings. The van der Waals surface area contributed by atoms with E-state index in [1.165, 1.54) is 0 Å². The van der Waals surface area contributed by atoms with Crippen molar-refractivity contribution in [2.45, 2.75) is 0 Å². The van der Waals surface area contributed by atoms with E-state index in [1.54, 1.807) is 24.3 Å². The van der Waals surface area contributed by atoms with E-state index in [9.17, 15) is 10.2 Å². The number of rotatable bonds is 1. The Balaban J connectivity index is 2.17. The van der Waals surface area contributed by atoms with Crippen LogP contribution < -0.4 is 11.5 Å². The average Bonchev–Trinajstić information content (AvgIpc) is 2.56. The molecule has 4 aromatic rings. The second-order valence-electron chi connectivity index (χ2n) is 5.87. The summed E-state index contributed by atoms with van der Waals surface area (Å²) in [5.74, 6) is 0.406. The summed E-state index contributed by atoms with van der Waals surface area (Å²) in [6.07, 6.45) is 0. The molecule has 4 heteroatoms. The molecule has 4 rings (SSSR count). The van der Waals surface area contributed by atoms with Gasteiger partial charge in [0.15, 0.2) is 0 Å². The van der Waals surface area contributed by atoms with E-state index in [1.807, 2.05) is 36.4 Å². The van der Waals surface area contributed by atoms with Crippen LogP contribution in [-0.4, -0.2) is 10.2 Å². The van der Waals surface area contributed by atoms with Crippen LogP contribution in [0.1, 0.15) is 0 Å². The molecule has 0 spiro atoms. The molecule has 0 aliphatic heterocycles. The Morgan fingerprint density at radius 3 is 1.38 bits per heavy atom.